The zero-order valence-corrected chi connectivity index (χ0v) is 38.7. The van der Waals surface area contributed by atoms with Crippen molar-refractivity contribution in [3.05, 3.63) is 250 Å². The quantitative estimate of drug-likeness (QED) is 0.146. The first-order valence-corrected chi connectivity index (χ1v) is 25.2. The van der Waals surface area contributed by atoms with Crippen LogP contribution in [0.3, 0.4) is 0 Å². The lowest BCUT2D eigenvalue weighted by Gasteiger charge is -2.28. The van der Waals surface area contributed by atoms with Gasteiger partial charge in [-0.1, -0.05) is 212 Å². The van der Waals surface area contributed by atoms with Crippen LogP contribution < -0.4 is 10.4 Å². The number of benzene rings is 11. The predicted octanol–water partition coefficient (Wildman–Crippen LogP) is 17.1. The molecule has 322 valence electrons. The summed E-state index contributed by atoms with van der Waals surface area (Å²) in [5.41, 5.74) is 17.2. The molecule has 15 rings (SSSR count). The maximum absolute atomic E-state index is 2.51. The maximum Gasteiger partial charge on any atom is 0.0352 e. The Morgan fingerprint density at radius 2 is 1.00 bits per heavy atom. The van der Waals surface area contributed by atoms with Crippen LogP contribution >= 0.6 is 11.3 Å². The van der Waals surface area contributed by atoms with E-state index < -0.39 is 0 Å². The summed E-state index contributed by atoms with van der Waals surface area (Å²) in [6, 6.07) is 75.3. The first-order chi connectivity index (χ1) is 34.2. The van der Waals surface area contributed by atoms with Crippen molar-refractivity contribution in [3.63, 3.8) is 0 Å². The van der Waals surface area contributed by atoms with Crippen LogP contribution in [-0.2, 0) is 6.42 Å². The Labute approximate surface area is 405 Å². The predicted molar refractivity (Wildman–Crippen MR) is 297 cm³/mol. The van der Waals surface area contributed by atoms with E-state index in [0.717, 1.165) is 12.8 Å². The van der Waals surface area contributed by atoms with E-state index in [-0.39, 0.29) is 5.92 Å². The van der Waals surface area contributed by atoms with Gasteiger partial charge in [0.25, 0.3) is 0 Å². The average Bonchev–Trinajstić information content (AvgIpc) is 3.79. The van der Waals surface area contributed by atoms with Gasteiger partial charge in [-0.2, -0.15) is 0 Å². The van der Waals surface area contributed by atoms with E-state index in [0.29, 0.717) is 5.92 Å². The van der Waals surface area contributed by atoms with Crippen LogP contribution in [0.25, 0.3) is 121 Å². The van der Waals surface area contributed by atoms with Gasteiger partial charge >= 0.3 is 0 Å². The topological polar surface area (TPSA) is 0 Å². The lowest BCUT2D eigenvalue weighted by molar-refractivity contribution is 0.845. The number of thiophene rings is 1. The number of fused-ring (bicyclic) bond motifs is 3. The van der Waals surface area contributed by atoms with Crippen LogP contribution in [0.2, 0.25) is 0 Å². The fourth-order valence-electron chi connectivity index (χ4n) is 12.4. The molecule has 2 atom stereocenters. The van der Waals surface area contributed by atoms with Crippen LogP contribution in [0, 0.1) is 0 Å². The highest BCUT2D eigenvalue weighted by atomic mass is 32.1. The standard InChI is InChI=1S/C68H44S/c1-3-7-41(8-4-1)43-11-15-45(16-12-43)53-29-19-47-25-35-59-55(31-21-49-23-33-57(53)65(47)67(49)59)51-27-37-63-61(39-51)62-40-52(28-38-64(62)69-63)56-32-22-50-24-34-58-54(30-20-48-26-36-60(56)68(50)66(48)58)46-17-13-44(14-18-46)42-9-5-2-6-10-42/h1-33,35-38,40,51,58H,34,39H2. The van der Waals surface area contributed by atoms with E-state index in [9.17, 15) is 0 Å². The Balaban J connectivity index is 0.782. The van der Waals surface area contributed by atoms with Gasteiger partial charge in [0, 0.05) is 21.4 Å². The molecule has 0 aliphatic heterocycles. The third-order valence-corrected chi connectivity index (χ3v) is 17.0. The highest BCUT2D eigenvalue weighted by molar-refractivity contribution is 7.20. The van der Waals surface area contributed by atoms with Gasteiger partial charge < -0.3 is 0 Å². The summed E-state index contributed by atoms with van der Waals surface area (Å²) in [5, 5.41) is 14.9. The van der Waals surface area contributed by atoms with E-state index >= 15 is 0 Å². The van der Waals surface area contributed by atoms with Crippen molar-refractivity contribution in [2.24, 2.45) is 0 Å². The zero-order valence-electron chi connectivity index (χ0n) is 37.9. The Kier molecular flexibility index (Phi) is 8.58. The second kappa shape index (κ2) is 15.2. The SMILES string of the molecule is C1=CC(c2ccc3ccc4c(-c5ccc(-c6ccccc6)cc5)ccc5ccc2c3c54)Cc2c1sc1ccc(-c3ccc4c5c6c(ccc35)=CC=C(c3ccc(-c5ccccc5)cc3)C6CC=4)cc21. The van der Waals surface area contributed by atoms with Crippen LogP contribution in [0.5, 0.6) is 0 Å². The summed E-state index contributed by atoms with van der Waals surface area (Å²) < 4.78 is 1.37. The first kappa shape index (κ1) is 38.9. The molecule has 11 aromatic carbocycles. The van der Waals surface area contributed by atoms with Gasteiger partial charge in [-0.25, -0.2) is 0 Å². The molecule has 2 unspecified atom stereocenters. The minimum absolute atomic E-state index is 0.276. The summed E-state index contributed by atoms with van der Waals surface area (Å²) in [7, 11) is 0. The molecule has 69 heavy (non-hydrogen) atoms. The highest BCUT2D eigenvalue weighted by Crippen LogP contribution is 2.47. The number of hydrogen-bond donors (Lipinski definition) is 0. The van der Waals surface area contributed by atoms with Crippen LogP contribution in [0.15, 0.2) is 212 Å². The van der Waals surface area contributed by atoms with Gasteiger partial charge in [0.1, 0.15) is 0 Å². The van der Waals surface area contributed by atoms with E-state index in [1.54, 1.807) is 0 Å². The molecule has 1 aromatic heterocycles. The Hall–Kier alpha value is -8.10. The molecule has 0 spiro atoms. The smallest absolute Gasteiger partial charge is 0.0352 e. The summed E-state index contributed by atoms with van der Waals surface area (Å²) >= 11 is 1.94. The van der Waals surface area contributed by atoms with E-state index in [2.05, 4.69) is 231 Å². The molecule has 3 aliphatic carbocycles. The van der Waals surface area contributed by atoms with Crippen LogP contribution in [-0.4, -0.2) is 0 Å². The van der Waals surface area contributed by atoms with Crippen molar-refractivity contribution in [1.29, 1.82) is 0 Å². The Bertz CT molecular complexity index is 4260. The van der Waals surface area contributed by atoms with Crippen molar-refractivity contribution >= 4 is 88.3 Å². The highest BCUT2D eigenvalue weighted by Gasteiger charge is 2.28. The van der Waals surface area contributed by atoms with Gasteiger partial charge in [0.2, 0.25) is 0 Å². The molecule has 0 amide bonds. The van der Waals surface area contributed by atoms with Crippen LogP contribution in [0.1, 0.15) is 45.4 Å². The molecule has 0 nitrogen and oxygen atoms in total. The molecule has 0 saturated heterocycles. The minimum Gasteiger partial charge on any atom is -0.136 e. The lowest BCUT2D eigenvalue weighted by atomic mass is 9.75. The van der Waals surface area contributed by atoms with Crippen molar-refractivity contribution in [2.45, 2.75) is 24.7 Å². The normalized spacial score (nSPS) is 16.0. The van der Waals surface area contributed by atoms with E-state index in [4.69, 9.17) is 0 Å². The maximum atomic E-state index is 2.51. The Morgan fingerprint density at radius 1 is 0.420 bits per heavy atom. The fraction of sp³-hybridized carbons (Fsp3) is 0.0588. The largest absolute Gasteiger partial charge is 0.136 e. The van der Waals surface area contributed by atoms with Gasteiger partial charge in [-0.05, 0) is 162 Å². The molecule has 0 N–H and O–H groups in total. The fourth-order valence-corrected chi connectivity index (χ4v) is 13.6. The van der Waals surface area contributed by atoms with Gasteiger partial charge in [-0.15, -0.1) is 11.3 Å². The molecule has 1 heterocycles. The second-order valence-electron chi connectivity index (χ2n) is 19.4. The number of rotatable bonds is 6. The summed E-state index contributed by atoms with van der Waals surface area (Å²) in [6.45, 7) is 0. The molecular formula is C68H44S. The summed E-state index contributed by atoms with van der Waals surface area (Å²) in [4.78, 5) is 1.40. The summed E-state index contributed by atoms with van der Waals surface area (Å²) in [5.74, 6) is 0.604. The minimum atomic E-state index is 0.276. The monoisotopic (exact) mass is 892 g/mol. The number of allylic oxidation sites excluding steroid dienone is 3. The van der Waals surface area contributed by atoms with Gasteiger partial charge in [-0.3, -0.25) is 0 Å². The van der Waals surface area contributed by atoms with Crippen molar-refractivity contribution in [3.8, 4) is 44.5 Å². The van der Waals surface area contributed by atoms with Crippen molar-refractivity contribution in [1.82, 2.24) is 0 Å². The van der Waals surface area contributed by atoms with Crippen LogP contribution in [0.4, 0.5) is 0 Å². The molecule has 0 fully saturated rings. The first-order valence-electron chi connectivity index (χ1n) is 24.4. The molecule has 0 bridgehead atoms. The Morgan fingerprint density at radius 3 is 1.77 bits per heavy atom. The summed E-state index contributed by atoms with van der Waals surface area (Å²) in [6.07, 6.45) is 14.1. The molecule has 1 heteroatoms. The molecule has 0 saturated carbocycles. The average molecular weight is 893 g/mol. The molecule has 12 aromatic rings. The van der Waals surface area contributed by atoms with E-state index in [1.165, 1.54) is 141 Å². The molecular weight excluding hydrogens is 849 g/mol. The third kappa shape index (κ3) is 6.07. The lowest BCUT2D eigenvalue weighted by Crippen LogP contribution is -2.25. The third-order valence-electron chi connectivity index (χ3n) is 15.8. The zero-order chi connectivity index (χ0) is 45.2. The van der Waals surface area contributed by atoms with Gasteiger partial charge in [0.05, 0.1) is 0 Å². The van der Waals surface area contributed by atoms with Crippen molar-refractivity contribution in [2.75, 3.05) is 0 Å². The van der Waals surface area contributed by atoms with Crippen molar-refractivity contribution < 1.29 is 0 Å². The second-order valence-corrected chi connectivity index (χ2v) is 20.5. The molecule has 0 radical (unpaired) electrons. The number of hydrogen-bond acceptors (Lipinski definition) is 1. The molecule has 3 aliphatic rings. The van der Waals surface area contributed by atoms with Gasteiger partial charge in [0.15, 0.2) is 0 Å². The van der Waals surface area contributed by atoms with E-state index in [1.807, 2.05) is 11.3 Å².